The van der Waals surface area contributed by atoms with E-state index in [2.05, 4.69) is 24.0 Å². The van der Waals surface area contributed by atoms with Crippen LogP contribution < -0.4 is 5.73 Å². The average molecular weight is 267 g/mol. The Kier molecular flexibility index (Phi) is 5.04. The first-order chi connectivity index (χ1) is 8.74. The summed E-state index contributed by atoms with van der Waals surface area (Å²) in [7, 11) is 0. The minimum atomic E-state index is 0.511. The monoisotopic (exact) mass is 266 g/mol. The molecule has 1 aliphatic heterocycles. The molecule has 3 heteroatoms. The van der Waals surface area contributed by atoms with Crippen molar-refractivity contribution >= 4 is 11.6 Å². The molecule has 0 spiro atoms. The summed E-state index contributed by atoms with van der Waals surface area (Å²) < 4.78 is 0. The Morgan fingerprint density at radius 3 is 2.72 bits per heavy atom. The number of nitrogens with two attached hydrogens (primary N) is 1. The second-order valence-electron chi connectivity index (χ2n) is 5.21. The van der Waals surface area contributed by atoms with Crippen LogP contribution in [0.25, 0.3) is 0 Å². The molecule has 1 fully saturated rings. The Bertz CT molecular complexity index is 363. The fourth-order valence-corrected chi connectivity index (χ4v) is 3.09. The van der Waals surface area contributed by atoms with Crippen molar-refractivity contribution in [1.29, 1.82) is 0 Å². The van der Waals surface area contributed by atoms with Crippen LogP contribution in [-0.2, 0) is 0 Å². The highest BCUT2D eigenvalue weighted by Crippen LogP contribution is 2.29. The molecule has 1 heterocycles. The maximum Gasteiger partial charge on any atom is 0.0406 e. The van der Waals surface area contributed by atoms with Crippen LogP contribution in [0.15, 0.2) is 24.3 Å². The summed E-state index contributed by atoms with van der Waals surface area (Å²) in [6.07, 6.45) is 3.69. The topological polar surface area (TPSA) is 29.3 Å². The molecule has 0 radical (unpaired) electrons. The molecule has 1 aliphatic rings. The molecule has 2 rings (SSSR count). The van der Waals surface area contributed by atoms with Gasteiger partial charge in [-0.15, -0.1) is 0 Å². The fraction of sp³-hybridized carbons (Fsp3) is 0.600. The third kappa shape index (κ3) is 3.25. The summed E-state index contributed by atoms with van der Waals surface area (Å²) in [4.78, 5) is 2.59. The Morgan fingerprint density at radius 1 is 1.39 bits per heavy atom. The Hall–Kier alpha value is -0.570. The Morgan fingerprint density at radius 2 is 2.11 bits per heavy atom. The number of hydrogen-bond acceptors (Lipinski definition) is 2. The Balaban J connectivity index is 2.10. The highest BCUT2D eigenvalue weighted by atomic mass is 35.5. The maximum absolute atomic E-state index is 5.96. The van der Waals surface area contributed by atoms with Crippen LogP contribution in [0.3, 0.4) is 0 Å². The van der Waals surface area contributed by atoms with Gasteiger partial charge in [-0.3, -0.25) is 4.90 Å². The zero-order valence-corrected chi connectivity index (χ0v) is 11.9. The van der Waals surface area contributed by atoms with Crippen molar-refractivity contribution in [2.45, 2.75) is 32.2 Å². The molecule has 0 bridgehead atoms. The van der Waals surface area contributed by atoms with E-state index in [0.717, 1.165) is 24.5 Å². The molecule has 1 aromatic rings. The van der Waals surface area contributed by atoms with E-state index >= 15 is 0 Å². The first kappa shape index (κ1) is 13.9. The average Bonchev–Trinajstić information content (AvgIpc) is 2.42. The van der Waals surface area contributed by atoms with Gasteiger partial charge in [-0.2, -0.15) is 0 Å². The number of hydrogen-bond donors (Lipinski definition) is 1. The molecule has 2 atom stereocenters. The molecule has 0 aromatic heterocycles. The Labute approximate surface area is 115 Å². The van der Waals surface area contributed by atoms with E-state index in [-0.39, 0.29) is 0 Å². The van der Waals surface area contributed by atoms with Crippen molar-refractivity contribution < 1.29 is 0 Å². The van der Waals surface area contributed by atoms with Crippen LogP contribution in [-0.4, -0.2) is 24.5 Å². The molecule has 18 heavy (non-hydrogen) atoms. The van der Waals surface area contributed by atoms with Gasteiger partial charge in [-0.05, 0) is 56.0 Å². The molecule has 0 amide bonds. The summed E-state index contributed by atoms with van der Waals surface area (Å²) in [6, 6.07) is 8.80. The van der Waals surface area contributed by atoms with E-state index in [1.165, 1.54) is 24.9 Å². The third-order valence-corrected chi connectivity index (χ3v) is 4.22. The van der Waals surface area contributed by atoms with Gasteiger partial charge in [0.1, 0.15) is 0 Å². The number of likely N-dealkylation sites (tertiary alicyclic amines) is 1. The van der Waals surface area contributed by atoms with Gasteiger partial charge in [-0.1, -0.05) is 30.7 Å². The molecule has 2 unspecified atom stereocenters. The van der Waals surface area contributed by atoms with Crippen LogP contribution in [0.2, 0.25) is 5.02 Å². The van der Waals surface area contributed by atoms with Crippen molar-refractivity contribution in [2.24, 2.45) is 11.7 Å². The molecular formula is C15H23ClN2. The normalized spacial score (nSPS) is 22.9. The van der Waals surface area contributed by atoms with Crippen LogP contribution in [0.5, 0.6) is 0 Å². The lowest BCUT2D eigenvalue weighted by Gasteiger charge is -2.38. The summed E-state index contributed by atoms with van der Waals surface area (Å²) in [5, 5.41) is 0.812. The molecule has 0 saturated carbocycles. The van der Waals surface area contributed by atoms with E-state index in [1.807, 2.05) is 12.1 Å². The van der Waals surface area contributed by atoms with E-state index in [0.29, 0.717) is 12.0 Å². The van der Waals surface area contributed by atoms with Gasteiger partial charge >= 0.3 is 0 Å². The van der Waals surface area contributed by atoms with Crippen LogP contribution in [0, 0.1) is 5.92 Å². The highest BCUT2D eigenvalue weighted by Gasteiger charge is 2.25. The van der Waals surface area contributed by atoms with Crippen LogP contribution in [0.1, 0.15) is 37.8 Å². The van der Waals surface area contributed by atoms with E-state index in [1.54, 1.807) is 0 Å². The number of nitrogens with zero attached hydrogens (tertiary/aromatic N) is 1. The number of piperidine rings is 1. The van der Waals surface area contributed by atoms with E-state index in [4.69, 9.17) is 17.3 Å². The minimum Gasteiger partial charge on any atom is -0.330 e. The standard InChI is InChI=1S/C15H23ClN2/c1-2-15(13-5-7-14(16)8-6-13)18-9-3-4-12(10-17)11-18/h5-8,12,15H,2-4,9-11,17H2,1H3. The predicted molar refractivity (Wildman–Crippen MR) is 77.8 cm³/mol. The van der Waals surface area contributed by atoms with Gasteiger partial charge in [-0.25, -0.2) is 0 Å². The zero-order chi connectivity index (χ0) is 13.0. The number of benzene rings is 1. The van der Waals surface area contributed by atoms with Crippen LogP contribution >= 0.6 is 11.6 Å². The van der Waals surface area contributed by atoms with Crippen molar-refractivity contribution in [3.8, 4) is 0 Å². The minimum absolute atomic E-state index is 0.511. The lowest BCUT2D eigenvalue weighted by atomic mass is 9.94. The molecule has 100 valence electrons. The molecule has 1 aromatic carbocycles. The van der Waals surface area contributed by atoms with Crippen molar-refractivity contribution in [3.63, 3.8) is 0 Å². The molecular weight excluding hydrogens is 244 g/mol. The zero-order valence-electron chi connectivity index (χ0n) is 11.1. The van der Waals surface area contributed by atoms with Gasteiger partial charge < -0.3 is 5.73 Å². The molecule has 2 nitrogen and oxygen atoms in total. The van der Waals surface area contributed by atoms with Crippen molar-refractivity contribution in [1.82, 2.24) is 4.90 Å². The summed E-state index contributed by atoms with van der Waals surface area (Å²) in [5.41, 5.74) is 7.20. The van der Waals surface area contributed by atoms with Gasteiger partial charge in [0, 0.05) is 17.6 Å². The fourth-order valence-electron chi connectivity index (χ4n) is 2.96. The first-order valence-corrected chi connectivity index (χ1v) is 7.32. The SMILES string of the molecule is CCC(c1ccc(Cl)cc1)N1CCCC(CN)C1. The second-order valence-corrected chi connectivity index (χ2v) is 5.65. The maximum atomic E-state index is 5.96. The van der Waals surface area contributed by atoms with Gasteiger partial charge in [0.25, 0.3) is 0 Å². The van der Waals surface area contributed by atoms with Crippen molar-refractivity contribution in [2.75, 3.05) is 19.6 Å². The van der Waals surface area contributed by atoms with Crippen LogP contribution in [0.4, 0.5) is 0 Å². The molecule has 2 N–H and O–H groups in total. The predicted octanol–water partition coefficient (Wildman–Crippen LogP) is 3.46. The van der Waals surface area contributed by atoms with Gasteiger partial charge in [0.05, 0.1) is 0 Å². The lowest BCUT2D eigenvalue weighted by molar-refractivity contribution is 0.122. The van der Waals surface area contributed by atoms with E-state index < -0.39 is 0 Å². The van der Waals surface area contributed by atoms with Crippen molar-refractivity contribution in [3.05, 3.63) is 34.9 Å². The quantitative estimate of drug-likeness (QED) is 0.904. The largest absolute Gasteiger partial charge is 0.330 e. The third-order valence-electron chi connectivity index (χ3n) is 3.97. The van der Waals surface area contributed by atoms with E-state index in [9.17, 15) is 0 Å². The number of halogens is 1. The molecule has 0 aliphatic carbocycles. The number of rotatable bonds is 4. The summed E-state index contributed by atoms with van der Waals surface area (Å²) in [5.74, 6) is 0.667. The smallest absolute Gasteiger partial charge is 0.0406 e. The second kappa shape index (κ2) is 6.55. The lowest BCUT2D eigenvalue weighted by Crippen LogP contribution is -2.40. The summed E-state index contributed by atoms with van der Waals surface area (Å²) >= 11 is 5.96. The highest BCUT2D eigenvalue weighted by molar-refractivity contribution is 6.30. The van der Waals surface area contributed by atoms with Gasteiger partial charge in [0.2, 0.25) is 0 Å². The summed E-state index contributed by atoms with van der Waals surface area (Å²) in [6.45, 7) is 5.40. The first-order valence-electron chi connectivity index (χ1n) is 6.94. The molecule has 1 saturated heterocycles. The van der Waals surface area contributed by atoms with Gasteiger partial charge in [0.15, 0.2) is 0 Å².